The maximum atomic E-state index is 13.0. The van der Waals surface area contributed by atoms with Gasteiger partial charge in [-0.25, -0.2) is 17.8 Å². The molecule has 2 aromatic rings. The van der Waals surface area contributed by atoms with Gasteiger partial charge >= 0.3 is 0 Å². The molecule has 0 amide bonds. The number of carbonyl (C=O) groups excluding carboxylic acids is 1. The number of Topliss-reactive ketones (excluding diaryl/α,β-unsaturated/α-hetero) is 1. The lowest BCUT2D eigenvalue weighted by atomic mass is 10.1. The van der Waals surface area contributed by atoms with Crippen molar-refractivity contribution < 1.29 is 17.6 Å². The Morgan fingerprint density at radius 1 is 1.08 bits per heavy atom. The normalized spacial score (nSPS) is 15.2. The number of sulfone groups is 1. The Hall–Kier alpha value is -2.48. The van der Waals surface area contributed by atoms with Gasteiger partial charge in [-0.15, -0.1) is 0 Å². The van der Waals surface area contributed by atoms with Crippen LogP contribution in [0, 0.1) is 5.82 Å². The van der Waals surface area contributed by atoms with Gasteiger partial charge < -0.3 is 9.80 Å². The van der Waals surface area contributed by atoms with Crippen molar-refractivity contribution in [2.24, 2.45) is 0 Å². The number of halogens is 1. The SMILES string of the molecule is CC(=O)c1ccc(S(C)(=O)=O)c(N2CCN(c3ccc(F)cn3)CC2)c1. The van der Waals surface area contributed by atoms with Gasteiger partial charge in [-0.05, 0) is 37.3 Å². The molecule has 3 rings (SSSR count). The zero-order valence-electron chi connectivity index (χ0n) is 14.6. The van der Waals surface area contributed by atoms with E-state index in [-0.39, 0.29) is 16.5 Å². The van der Waals surface area contributed by atoms with Crippen molar-refractivity contribution in [3.8, 4) is 0 Å². The van der Waals surface area contributed by atoms with Gasteiger partial charge in [0.25, 0.3) is 0 Å². The smallest absolute Gasteiger partial charge is 0.177 e. The first kappa shape index (κ1) is 18.3. The fraction of sp³-hybridized carbons (Fsp3) is 0.333. The number of pyridine rings is 1. The number of piperazine rings is 1. The Balaban J connectivity index is 1.85. The molecule has 1 aromatic carbocycles. The van der Waals surface area contributed by atoms with E-state index in [0.29, 0.717) is 43.2 Å². The van der Waals surface area contributed by atoms with Crippen molar-refractivity contribution in [2.45, 2.75) is 11.8 Å². The molecule has 0 bridgehead atoms. The minimum Gasteiger partial charge on any atom is -0.367 e. The van der Waals surface area contributed by atoms with Gasteiger partial charge in [-0.1, -0.05) is 0 Å². The summed E-state index contributed by atoms with van der Waals surface area (Å²) in [6.07, 6.45) is 2.35. The number of rotatable bonds is 4. The van der Waals surface area contributed by atoms with Gasteiger partial charge in [0.2, 0.25) is 0 Å². The number of benzene rings is 1. The first-order chi connectivity index (χ1) is 12.3. The Bertz CT molecular complexity index is 921. The molecule has 0 saturated carbocycles. The van der Waals surface area contributed by atoms with Crippen LogP contribution in [0.4, 0.5) is 15.9 Å². The second-order valence-corrected chi connectivity index (χ2v) is 8.30. The van der Waals surface area contributed by atoms with Crippen molar-refractivity contribution in [3.63, 3.8) is 0 Å². The number of anilines is 2. The van der Waals surface area contributed by atoms with E-state index in [4.69, 9.17) is 0 Å². The standard InChI is InChI=1S/C18H20FN3O3S/c1-13(23)14-3-5-17(26(2,24)25)16(11-14)21-7-9-22(10-8-21)18-6-4-15(19)12-20-18/h3-6,11-12H,7-10H2,1-2H3. The summed E-state index contributed by atoms with van der Waals surface area (Å²) in [5.74, 6) is 0.193. The number of ketones is 1. The molecule has 138 valence electrons. The third-order valence-electron chi connectivity index (χ3n) is 4.42. The fourth-order valence-corrected chi connectivity index (χ4v) is 3.91. The minimum atomic E-state index is -3.42. The molecule has 1 aromatic heterocycles. The Kier molecular flexibility index (Phi) is 4.95. The first-order valence-electron chi connectivity index (χ1n) is 8.22. The van der Waals surface area contributed by atoms with Crippen LogP contribution >= 0.6 is 0 Å². The van der Waals surface area contributed by atoms with Crippen LogP contribution in [-0.4, -0.2) is 51.6 Å². The maximum absolute atomic E-state index is 13.0. The predicted octanol–water partition coefficient (Wildman–Crippen LogP) is 2.15. The van der Waals surface area contributed by atoms with Crippen LogP contribution in [0.25, 0.3) is 0 Å². The van der Waals surface area contributed by atoms with Gasteiger partial charge in [0, 0.05) is 38.0 Å². The molecule has 0 radical (unpaired) electrons. The van der Waals surface area contributed by atoms with Crippen LogP contribution in [0.1, 0.15) is 17.3 Å². The molecule has 8 heteroatoms. The summed E-state index contributed by atoms with van der Waals surface area (Å²) in [7, 11) is -3.42. The molecule has 0 unspecified atom stereocenters. The zero-order valence-corrected chi connectivity index (χ0v) is 15.5. The highest BCUT2D eigenvalue weighted by Crippen LogP contribution is 2.28. The molecule has 1 saturated heterocycles. The van der Waals surface area contributed by atoms with Crippen molar-refractivity contribution in [1.82, 2.24) is 4.98 Å². The summed E-state index contributed by atoms with van der Waals surface area (Å²) < 4.78 is 37.3. The highest BCUT2D eigenvalue weighted by atomic mass is 32.2. The van der Waals surface area contributed by atoms with Crippen LogP contribution in [0.5, 0.6) is 0 Å². The van der Waals surface area contributed by atoms with Crippen LogP contribution in [0.15, 0.2) is 41.4 Å². The van der Waals surface area contributed by atoms with E-state index in [1.165, 1.54) is 25.3 Å². The topological polar surface area (TPSA) is 70.6 Å². The molecule has 0 aliphatic carbocycles. The molecule has 0 spiro atoms. The second kappa shape index (κ2) is 7.03. The Labute approximate surface area is 152 Å². The highest BCUT2D eigenvalue weighted by Gasteiger charge is 2.24. The van der Waals surface area contributed by atoms with Gasteiger partial charge in [-0.3, -0.25) is 4.79 Å². The maximum Gasteiger partial charge on any atom is 0.177 e. The number of aromatic nitrogens is 1. The Morgan fingerprint density at radius 2 is 1.73 bits per heavy atom. The van der Waals surface area contributed by atoms with Gasteiger partial charge in [0.05, 0.1) is 16.8 Å². The highest BCUT2D eigenvalue weighted by molar-refractivity contribution is 7.90. The van der Waals surface area contributed by atoms with E-state index in [1.807, 2.05) is 9.80 Å². The summed E-state index contributed by atoms with van der Waals surface area (Å²) in [6, 6.07) is 7.68. The lowest BCUT2D eigenvalue weighted by Crippen LogP contribution is -2.47. The number of hydrogen-bond donors (Lipinski definition) is 0. The van der Waals surface area contributed by atoms with Crippen molar-refractivity contribution >= 4 is 27.1 Å². The van der Waals surface area contributed by atoms with E-state index in [2.05, 4.69) is 4.98 Å². The number of nitrogens with zero attached hydrogens (tertiary/aromatic N) is 3. The molecular formula is C18H20FN3O3S. The van der Waals surface area contributed by atoms with Gasteiger partial charge in [-0.2, -0.15) is 0 Å². The van der Waals surface area contributed by atoms with Crippen LogP contribution in [0.2, 0.25) is 0 Å². The van der Waals surface area contributed by atoms with Crippen LogP contribution in [0.3, 0.4) is 0 Å². The third kappa shape index (κ3) is 3.85. The molecule has 1 aliphatic heterocycles. The fourth-order valence-electron chi connectivity index (χ4n) is 3.03. The van der Waals surface area contributed by atoms with E-state index in [0.717, 1.165) is 6.26 Å². The average molecular weight is 377 g/mol. The molecule has 1 fully saturated rings. The third-order valence-corrected chi connectivity index (χ3v) is 5.57. The summed E-state index contributed by atoms with van der Waals surface area (Å²) in [4.78, 5) is 20.0. The minimum absolute atomic E-state index is 0.111. The van der Waals surface area contributed by atoms with Crippen molar-refractivity contribution in [2.75, 3.05) is 42.2 Å². The lowest BCUT2D eigenvalue weighted by molar-refractivity contribution is 0.101. The summed E-state index contributed by atoms with van der Waals surface area (Å²) in [5.41, 5.74) is 1.03. The van der Waals surface area contributed by atoms with E-state index in [9.17, 15) is 17.6 Å². The lowest BCUT2D eigenvalue weighted by Gasteiger charge is -2.37. The van der Waals surface area contributed by atoms with E-state index >= 15 is 0 Å². The zero-order chi connectivity index (χ0) is 18.9. The van der Waals surface area contributed by atoms with Gasteiger partial charge in [0.15, 0.2) is 15.6 Å². The molecule has 0 N–H and O–H groups in total. The molecular weight excluding hydrogens is 357 g/mol. The quantitative estimate of drug-likeness (QED) is 0.761. The molecule has 0 atom stereocenters. The molecule has 1 aliphatic rings. The largest absolute Gasteiger partial charge is 0.367 e. The van der Waals surface area contributed by atoms with E-state index < -0.39 is 9.84 Å². The van der Waals surface area contributed by atoms with Crippen LogP contribution in [-0.2, 0) is 9.84 Å². The summed E-state index contributed by atoms with van der Waals surface area (Å²) >= 11 is 0. The predicted molar refractivity (Wildman–Crippen MR) is 98.2 cm³/mol. The Morgan fingerprint density at radius 3 is 2.27 bits per heavy atom. The monoisotopic (exact) mass is 377 g/mol. The average Bonchev–Trinajstić information content (AvgIpc) is 2.61. The molecule has 26 heavy (non-hydrogen) atoms. The summed E-state index contributed by atoms with van der Waals surface area (Å²) in [5, 5.41) is 0. The number of hydrogen-bond acceptors (Lipinski definition) is 6. The van der Waals surface area contributed by atoms with Crippen molar-refractivity contribution in [1.29, 1.82) is 0 Å². The number of carbonyl (C=O) groups is 1. The van der Waals surface area contributed by atoms with E-state index in [1.54, 1.807) is 18.2 Å². The molecule has 6 nitrogen and oxygen atoms in total. The van der Waals surface area contributed by atoms with Crippen molar-refractivity contribution in [3.05, 3.63) is 47.9 Å². The van der Waals surface area contributed by atoms with Gasteiger partial charge in [0.1, 0.15) is 11.6 Å². The molecule has 2 heterocycles. The van der Waals surface area contributed by atoms with Crippen LogP contribution < -0.4 is 9.80 Å². The first-order valence-corrected chi connectivity index (χ1v) is 10.1. The summed E-state index contributed by atoms with van der Waals surface area (Å²) in [6.45, 7) is 3.83. The second-order valence-electron chi connectivity index (χ2n) is 6.32.